The van der Waals surface area contributed by atoms with Gasteiger partial charge in [-0.1, -0.05) is 58.6 Å². The van der Waals surface area contributed by atoms with E-state index in [1.807, 2.05) is 6.07 Å². The fraction of sp³-hybridized carbons (Fsp3) is 0.750. The average molecular weight is 377 g/mol. The second-order valence-corrected chi connectivity index (χ2v) is 9.17. The number of rotatable bonds is 10. The van der Waals surface area contributed by atoms with E-state index in [4.69, 9.17) is 0 Å². The molecule has 1 aromatic carbocycles. The molecule has 1 fully saturated rings. The molecule has 0 amide bonds. The molecule has 0 aliphatic heterocycles. The normalized spacial score (nSPS) is 23.5. The minimum atomic E-state index is -0.242. The number of unbranched alkanes of at least 4 members (excludes halogenated alkanes) is 3. The van der Waals surface area contributed by atoms with Crippen molar-refractivity contribution in [2.75, 3.05) is 6.61 Å². The van der Waals surface area contributed by atoms with Crippen LogP contribution in [0.4, 0.5) is 0 Å². The zero-order valence-corrected chi connectivity index (χ0v) is 17.6. The van der Waals surface area contributed by atoms with E-state index >= 15 is 0 Å². The molecule has 3 heteroatoms. The van der Waals surface area contributed by atoms with Gasteiger partial charge in [0.05, 0.1) is 6.10 Å². The minimum absolute atomic E-state index is 0.0722. The van der Waals surface area contributed by atoms with E-state index in [0.717, 1.165) is 44.1 Å². The fourth-order valence-corrected chi connectivity index (χ4v) is 4.74. The number of aliphatic hydroxyl groups excluding tert-OH is 2. The predicted octanol–water partition coefficient (Wildman–Crippen LogP) is 5.66. The molecule has 1 aliphatic rings. The Morgan fingerprint density at radius 2 is 1.85 bits per heavy atom. The number of benzene rings is 1. The van der Waals surface area contributed by atoms with Gasteiger partial charge in [-0.3, -0.25) is 0 Å². The third-order valence-electron chi connectivity index (χ3n) is 6.55. The molecule has 3 nitrogen and oxygen atoms in total. The van der Waals surface area contributed by atoms with Gasteiger partial charge in [0, 0.05) is 6.61 Å². The van der Waals surface area contributed by atoms with Crippen LogP contribution in [0, 0.1) is 5.92 Å². The summed E-state index contributed by atoms with van der Waals surface area (Å²) >= 11 is 0. The van der Waals surface area contributed by atoms with Gasteiger partial charge in [-0.2, -0.15) is 0 Å². The number of aromatic hydroxyl groups is 1. The van der Waals surface area contributed by atoms with Crippen LogP contribution in [-0.4, -0.2) is 28.0 Å². The zero-order valence-electron chi connectivity index (χ0n) is 17.6. The van der Waals surface area contributed by atoms with Gasteiger partial charge in [0.15, 0.2) is 0 Å². The molecule has 0 bridgehead atoms. The summed E-state index contributed by atoms with van der Waals surface area (Å²) < 4.78 is 0. The maximum Gasteiger partial charge on any atom is 0.119 e. The van der Waals surface area contributed by atoms with E-state index in [-0.39, 0.29) is 24.0 Å². The molecule has 1 aliphatic carbocycles. The fourth-order valence-electron chi connectivity index (χ4n) is 4.74. The molecule has 3 N–H and O–H groups in total. The first kappa shape index (κ1) is 22.2. The molecular formula is C24H40O3. The first-order valence-electron chi connectivity index (χ1n) is 11.0. The van der Waals surface area contributed by atoms with Gasteiger partial charge >= 0.3 is 0 Å². The largest absolute Gasteiger partial charge is 0.508 e. The van der Waals surface area contributed by atoms with Gasteiger partial charge in [0.2, 0.25) is 0 Å². The van der Waals surface area contributed by atoms with E-state index in [2.05, 4.69) is 32.9 Å². The van der Waals surface area contributed by atoms with Crippen molar-refractivity contribution < 1.29 is 15.3 Å². The highest BCUT2D eigenvalue weighted by atomic mass is 16.3. The molecule has 0 spiro atoms. The molecular weight excluding hydrogens is 336 g/mol. The van der Waals surface area contributed by atoms with Crippen LogP contribution in [0.2, 0.25) is 0 Å². The molecule has 0 aromatic heterocycles. The Labute approximate surface area is 165 Å². The zero-order chi connectivity index (χ0) is 19.9. The minimum Gasteiger partial charge on any atom is -0.508 e. The highest BCUT2D eigenvalue weighted by Crippen LogP contribution is 2.44. The molecule has 0 unspecified atom stereocenters. The number of hydrogen-bond acceptors (Lipinski definition) is 3. The van der Waals surface area contributed by atoms with E-state index in [9.17, 15) is 15.3 Å². The van der Waals surface area contributed by atoms with Crippen molar-refractivity contribution in [2.45, 2.75) is 102 Å². The third kappa shape index (κ3) is 6.22. The average Bonchev–Trinajstić information content (AvgIpc) is 2.64. The Morgan fingerprint density at radius 1 is 1.07 bits per heavy atom. The van der Waals surface area contributed by atoms with Gasteiger partial charge in [0.25, 0.3) is 0 Å². The SMILES string of the molecule is CCCCCCC(C)(C)c1ccc([C@@H]2CC[C@@H](O)C[C@H]2CCCO)c(O)c1. The summed E-state index contributed by atoms with van der Waals surface area (Å²) in [5.74, 6) is 1.02. The van der Waals surface area contributed by atoms with E-state index in [1.54, 1.807) is 0 Å². The summed E-state index contributed by atoms with van der Waals surface area (Å²) in [5.41, 5.74) is 2.31. The van der Waals surface area contributed by atoms with Crippen molar-refractivity contribution in [1.29, 1.82) is 0 Å². The quantitative estimate of drug-likeness (QED) is 0.462. The van der Waals surface area contributed by atoms with Crippen molar-refractivity contribution in [3.63, 3.8) is 0 Å². The summed E-state index contributed by atoms with van der Waals surface area (Å²) in [5, 5.41) is 30.1. The van der Waals surface area contributed by atoms with E-state index in [1.165, 1.54) is 31.2 Å². The molecule has 1 aromatic rings. The maximum atomic E-state index is 10.8. The highest BCUT2D eigenvalue weighted by Gasteiger charge is 2.32. The van der Waals surface area contributed by atoms with Crippen LogP contribution < -0.4 is 0 Å². The number of phenols is 1. The van der Waals surface area contributed by atoms with Crippen LogP contribution in [0.15, 0.2) is 18.2 Å². The first-order chi connectivity index (χ1) is 12.9. The van der Waals surface area contributed by atoms with E-state index in [0.29, 0.717) is 11.7 Å². The lowest BCUT2D eigenvalue weighted by molar-refractivity contribution is 0.0824. The van der Waals surface area contributed by atoms with Crippen molar-refractivity contribution in [2.24, 2.45) is 5.92 Å². The van der Waals surface area contributed by atoms with Gasteiger partial charge in [-0.25, -0.2) is 0 Å². The van der Waals surface area contributed by atoms with Crippen molar-refractivity contribution in [3.8, 4) is 5.75 Å². The molecule has 2 rings (SSSR count). The smallest absolute Gasteiger partial charge is 0.119 e. The van der Waals surface area contributed by atoms with Crippen molar-refractivity contribution >= 4 is 0 Å². The van der Waals surface area contributed by atoms with Gasteiger partial charge in [-0.15, -0.1) is 0 Å². The van der Waals surface area contributed by atoms with Gasteiger partial charge < -0.3 is 15.3 Å². The highest BCUT2D eigenvalue weighted by molar-refractivity contribution is 5.42. The monoisotopic (exact) mass is 376 g/mol. The Hall–Kier alpha value is -1.06. The number of aliphatic hydroxyl groups is 2. The third-order valence-corrected chi connectivity index (χ3v) is 6.55. The summed E-state index contributed by atoms with van der Waals surface area (Å²) in [4.78, 5) is 0. The van der Waals surface area contributed by atoms with Crippen LogP contribution in [0.1, 0.15) is 102 Å². The Balaban J connectivity index is 2.12. The first-order valence-corrected chi connectivity index (χ1v) is 11.0. The summed E-state index contributed by atoms with van der Waals surface area (Å²) in [6.45, 7) is 6.97. The molecule has 1 saturated carbocycles. The van der Waals surface area contributed by atoms with Gasteiger partial charge in [0.1, 0.15) is 5.75 Å². The van der Waals surface area contributed by atoms with Crippen LogP contribution in [0.5, 0.6) is 5.75 Å². The summed E-state index contributed by atoms with van der Waals surface area (Å²) in [7, 11) is 0. The van der Waals surface area contributed by atoms with Gasteiger partial charge in [-0.05, 0) is 73.0 Å². The molecule has 27 heavy (non-hydrogen) atoms. The maximum absolute atomic E-state index is 10.8. The lowest BCUT2D eigenvalue weighted by Gasteiger charge is -2.35. The van der Waals surface area contributed by atoms with E-state index < -0.39 is 0 Å². The lowest BCUT2D eigenvalue weighted by atomic mass is 9.71. The summed E-state index contributed by atoms with van der Waals surface area (Å²) in [6, 6.07) is 6.29. The number of hydrogen-bond donors (Lipinski definition) is 3. The molecule has 0 saturated heterocycles. The standard InChI is InChI=1S/C24H40O3/c1-4-5-6-7-14-24(2,3)19-10-12-22(23(27)17-19)21-13-11-20(26)16-18(21)9-8-15-25/h10,12,17-18,20-21,25-27H,4-9,11,13-16H2,1-3H3/t18-,20-,21-/m1/s1. The topological polar surface area (TPSA) is 60.7 Å². The molecule has 0 radical (unpaired) electrons. The second-order valence-electron chi connectivity index (χ2n) is 9.17. The van der Waals surface area contributed by atoms with Crippen LogP contribution >= 0.6 is 0 Å². The number of phenolic OH excluding ortho intramolecular Hbond substituents is 1. The van der Waals surface area contributed by atoms with Crippen LogP contribution in [-0.2, 0) is 5.41 Å². The van der Waals surface area contributed by atoms with Crippen molar-refractivity contribution in [3.05, 3.63) is 29.3 Å². The Bertz CT molecular complexity index is 567. The molecule has 3 atom stereocenters. The second kappa shape index (κ2) is 10.5. The van der Waals surface area contributed by atoms with Crippen LogP contribution in [0.3, 0.4) is 0 Å². The van der Waals surface area contributed by atoms with Crippen molar-refractivity contribution in [1.82, 2.24) is 0 Å². The predicted molar refractivity (Wildman–Crippen MR) is 112 cm³/mol. The van der Waals surface area contributed by atoms with Crippen LogP contribution in [0.25, 0.3) is 0 Å². The Kier molecular flexibility index (Phi) is 8.62. The Morgan fingerprint density at radius 3 is 2.52 bits per heavy atom. The molecule has 0 heterocycles. The molecule has 154 valence electrons. The lowest BCUT2D eigenvalue weighted by Crippen LogP contribution is -2.27. The summed E-state index contributed by atoms with van der Waals surface area (Å²) in [6.07, 6.45) is 10.1.